The van der Waals surface area contributed by atoms with Crippen molar-refractivity contribution in [3.8, 4) is 5.75 Å². The standard InChI is InChI=1S/C18H24ClNO3/c1-3-10-20(12-18-7-4-14(2)23-18)11-16(21)13-22-17-8-5-15(19)6-9-17/h4-9,16,21H,3,10-13H2,1-2H3/t16-/m1/s1. The van der Waals surface area contributed by atoms with Crippen LogP contribution in [0.25, 0.3) is 0 Å². The molecule has 0 saturated carbocycles. The minimum Gasteiger partial charge on any atom is -0.491 e. The number of furan rings is 1. The lowest BCUT2D eigenvalue weighted by Crippen LogP contribution is -2.35. The zero-order valence-electron chi connectivity index (χ0n) is 13.7. The first-order valence-electron chi connectivity index (χ1n) is 7.91. The Labute approximate surface area is 142 Å². The highest BCUT2D eigenvalue weighted by molar-refractivity contribution is 6.30. The normalized spacial score (nSPS) is 12.6. The fraction of sp³-hybridized carbons (Fsp3) is 0.444. The summed E-state index contributed by atoms with van der Waals surface area (Å²) in [6.45, 7) is 6.44. The predicted molar refractivity (Wildman–Crippen MR) is 92.0 cm³/mol. The molecule has 0 fully saturated rings. The van der Waals surface area contributed by atoms with Crippen LogP contribution in [0.1, 0.15) is 24.9 Å². The van der Waals surface area contributed by atoms with Crippen molar-refractivity contribution in [3.05, 3.63) is 52.9 Å². The summed E-state index contributed by atoms with van der Waals surface area (Å²) < 4.78 is 11.2. The van der Waals surface area contributed by atoms with Gasteiger partial charge in [0.2, 0.25) is 0 Å². The Hall–Kier alpha value is -1.49. The summed E-state index contributed by atoms with van der Waals surface area (Å²) in [5, 5.41) is 10.9. The summed E-state index contributed by atoms with van der Waals surface area (Å²) >= 11 is 5.84. The molecule has 0 aliphatic carbocycles. The quantitative estimate of drug-likeness (QED) is 0.754. The van der Waals surface area contributed by atoms with Crippen LogP contribution in [0, 0.1) is 6.92 Å². The molecule has 126 valence electrons. The van der Waals surface area contributed by atoms with Gasteiger partial charge >= 0.3 is 0 Å². The van der Waals surface area contributed by atoms with Crippen LogP contribution in [-0.2, 0) is 6.54 Å². The Morgan fingerprint density at radius 3 is 2.57 bits per heavy atom. The number of nitrogens with zero attached hydrogens (tertiary/aromatic N) is 1. The highest BCUT2D eigenvalue weighted by Gasteiger charge is 2.14. The lowest BCUT2D eigenvalue weighted by molar-refractivity contribution is 0.0632. The van der Waals surface area contributed by atoms with Gasteiger partial charge < -0.3 is 14.3 Å². The number of benzene rings is 1. The third-order valence-electron chi connectivity index (χ3n) is 3.44. The molecule has 4 nitrogen and oxygen atoms in total. The van der Waals surface area contributed by atoms with E-state index in [0.717, 1.165) is 24.5 Å². The van der Waals surface area contributed by atoms with Gasteiger partial charge in [0, 0.05) is 11.6 Å². The van der Waals surface area contributed by atoms with Crippen LogP contribution in [0.15, 0.2) is 40.8 Å². The van der Waals surface area contributed by atoms with Gasteiger partial charge in [0.15, 0.2) is 0 Å². The third kappa shape index (κ3) is 6.26. The van der Waals surface area contributed by atoms with Crippen LogP contribution < -0.4 is 4.74 Å². The highest BCUT2D eigenvalue weighted by Crippen LogP contribution is 2.16. The zero-order valence-corrected chi connectivity index (χ0v) is 14.4. The van der Waals surface area contributed by atoms with Gasteiger partial charge in [-0.05, 0) is 56.3 Å². The van der Waals surface area contributed by atoms with Crippen LogP contribution in [0.4, 0.5) is 0 Å². The maximum absolute atomic E-state index is 10.2. The zero-order chi connectivity index (χ0) is 16.7. The Morgan fingerprint density at radius 2 is 1.96 bits per heavy atom. The maximum atomic E-state index is 10.2. The minimum absolute atomic E-state index is 0.249. The van der Waals surface area contributed by atoms with E-state index in [0.29, 0.717) is 23.9 Å². The number of halogens is 1. The van der Waals surface area contributed by atoms with Crippen LogP contribution in [0.2, 0.25) is 5.02 Å². The van der Waals surface area contributed by atoms with E-state index >= 15 is 0 Å². The van der Waals surface area contributed by atoms with Gasteiger partial charge in [0.1, 0.15) is 30.0 Å². The fourth-order valence-electron chi connectivity index (χ4n) is 2.42. The van der Waals surface area contributed by atoms with Gasteiger partial charge in [-0.1, -0.05) is 18.5 Å². The van der Waals surface area contributed by atoms with Gasteiger partial charge in [-0.2, -0.15) is 0 Å². The molecule has 2 rings (SSSR count). The summed E-state index contributed by atoms with van der Waals surface area (Å²) in [5.74, 6) is 2.53. The van der Waals surface area contributed by atoms with Crippen LogP contribution in [0.5, 0.6) is 5.75 Å². The molecule has 0 radical (unpaired) electrons. The van der Waals surface area contributed by atoms with Crippen LogP contribution in [0.3, 0.4) is 0 Å². The summed E-state index contributed by atoms with van der Waals surface area (Å²) in [7, 11) is 0. The smallest absolute Gasteiger partial charge is 0.119 e. The molecule has 0 bridgehead atoms. The van der Waals surface area contributed by atoms with Crippen molar-refractivity contribution in [2.75, 3.05) is 19.7 Å². The monoisotopic (exact) mass is 337 g/mol. The molecule has 1 N–H and O–H groups in total. The van der Waals surface area contributed by atoms with E-state index in [4.69, 9.17) is 20.8 Å². The second-order valence-corrected chi connectivity index (χ2v) is 6.10. The van der Waals surface area contributed by atoms with Crippen molar-refractivity contribution in [2.24, 2.45) is 0 Å². The summed E-state index contributed by atoms with van der Waals surface area (Å²) in [4.78, 5) is 2.17. The highest BCUT2D eigenvalue weighted by atomic mass is 35.5. The number of aryl methyl sites for hydroxylation is 1. The molecule has 1 atom stereocenters. The van der Waals surface area contributed by atoms with Crippen molar-refractivity contribution in [1.29, 1.82) is 0 Å². The van der Waals surface area contributed by atoms with E-state index in [1.807, 2.05) is 19.1 Å². The van der Waals surface area contributed by atoms with Crippen molar-refractivity contribution in [1.82, 2.24) is 4.90 Å². The summed E-state index contributed by atoms with van der Waals surface area (Å²) in [6, 6.07) is 11.1. The average molecular weight is 338 g/mol. The Balaban J connectivity index is 1.82. The van der Waals surface area contributed by atoms with Gasteiger partial charge in [-0.25, -0.2) is 0 Å². The molecule has 0 spiro atoms. The third-order valence-corrected chi connectivity index (χ3v) is 3.69. The molecule has 1 aromatic heterocycles. The van der Waals surface area contributed by atoms with Crippen molar-refractivity contribution >= 4 is 11.6 Å². The molecule has 23 heavy (non-hydrogen) atoms. The molecular formula is C18H24ClNO3. The number of aliphatic hydroxyl groups is 1. The Morgan fingerprint density at radius 1 is 1.22 bits per heavy atom. The SMILES string of the molecule is CCCN(Cc1ccc(C)o1)C[C@@H](O)COc1ccc(Cl)cc1. The predicted octanol–water partition coefficient (Wildman–Crippen LogP) is 3.89. The van der Waals surface area contributed by atoms with Gasteiger partial charge in [-0.3, -0.25) is 4.90 Å². The van der Waals surface area contributed by atoms with Crippen molar-refractivity contribution in [3.63, 3.8) is 0 Å². The Bertz CT molecular complexity index is 582. The minimum atomic E-state index is -0.562. The first-order chi connectivity index (χ1) is 11.1. The van der Waals surface area contributed by atoms with E-state index in [9.17, 15) is 5.11 Å². The lowest BCUT2D eigenvalue weighted by Gasteiger charge is -2.23. The number of hydrogen-bond acceptors (Lipinski definition) is 4. The number of rotatable bonds is 9. The largest absolute Gasteiger partial charge is 0.491 e. The van der Waals surface area contributed by atoms with Gasteiger partial charge in [-0.15, -0.1) is 0 Å². The van der Waals surface area contributed by atoms with E-state index in [1.54, 1.807) is 24.3 Å². The number of ether oxygens (including phenoxy) is 1. The molecular weight excluding hydrogens is 314 g/mol. The van der Waals surface area contributed by atoms with Crippen LogP contribution in [-0.4, -0.2) is 35.8 Å². The Kier molecular flexibility index (Phi) is 6.96. The molecule has 1 heterocycles. The second-order valence-electron chi connectivity index (χ2n) is 5.67. The first kappa shape index (κ1) is 17.9. The molecule has 2 aromatic rings. The van der Waals surface area contributed by atoms with Crippen molar-refractivity contribution in [2.45, 2.75) is 32.9 Å². The number of hydrogen-bond donors (Lipinski definition) is 1. The molecule has 0 unspecified atom stereocenters. The average Bonchev–Trinajstić information content (AvgIpc) is 2.92. The second kappa shape index (κ2) is 8.96. The number of aliphatic hydroxyl groups excluding tert-OH is 1. The first-order valence-corrected chi connectivity index (χ1v) is 8.28. The fourth-order valence-corrected chi connectivity index (χ4v) is 2.54. The van der Waals surface area contributed by atoms with E-state index in [-0.39, 0.29) is 6.61 Å². The molecule has 0 aliphatic rings. The molecule has 0 amide bonds. The lowest BCUT2D eigenvalue weighted by atomic mass is 10.3. The molecule has 0 saturated heterocycles. The van der Waals surface area contributed by atoms with Crippen LogP contribution >= 0.6 is 11.6 Å². The van der Waals surface area contributed by atoms with Crippen molar-refractivity contribution < 1.29 is 14.3 Å². The maximum Gasteiger partial charge on any atom is 0.119 e. The molecule has 1 aromatic carbocycles. The molecule has 0 aliphatic heterocycles. The molecule has 5 heteroatoms. The topological polar surface area (TPSA) is 45.8 Å². The van der Waals surface area contributed by atoms with E-state index < -0.39 is 6.10 Å². The summed E-state index contributed by atoms with van der Waals surface area (Å²) in [6.07, 6.45) is 0.457. The van der Waals surface area contributed by atoms with E-state index in [2.05, 4.69) is 11.8 Å². The van der Waals surface area contributed by atoms with Gasteiger partial charge in [0.05, 0.1) is 6.54 Å². The van der Waals surface area contributed by atoms with Gasteiger partial charge in [0.25, 0.3) is 0 Å². The summed E-state index contributed by atoms with van der Waals surface area (Å²) in [5.41, 5.74) is 0. The van der Waals surface area contributed by atoms with E-state index in [1.165, 1.54) is 0 Å².